The molecular formula is C20H19N3O4. The molecule has 3 rings (SSSR count). The van der Waals surface area contributed by atoms with Gasteiger partial charge in [0.2, 0.25) is 5.91 Å². The third kappa shape index (κ3) is 3.72. The van der Waals surface area contributed by atoms with E-state index in [1.807, 2.05) is 13.0 Å². The third-order valence-electron chi connectivity index (χ3n) is 4.17. The number of hydrogen-bond donors (Lipinski definition) is 1. The summed E-state index contributed by atoms with van der Waals surface area (Å²) in [5, 5.41) is 3.13. The second-order valence-electron chi connectivity index (χ2n) is 5.88. The lowest BCUT2D eigenvalue weighted by atomic mass is 10.2. The number of anilines is 1. The van der Waals surface area contributed by atoms with Crippen molar-refractivity contribution in [1.82, 2.24) is 9.55 Å². The van der Waals surface area contributed by atoms with Gasteiger partial charge in [-0.1, -0.05) is 31.2 Å². The first-order valence-corrected chi connectivity index (χ1v) is 8.50. The number of esters is 1. The molecule has 0 aliphatic rings. The van der Waals surface area contributed by atoms with Gasteiger partial charge >= 0.3 is 5.97 Å². The van der Waals surface area contributed by atoms with E-state index in [4.69, 9.17) is 4.74 Å². The molecule has 2 aromatic carbocycles. The van der Waals surface area contributed by atoms with E-state index in [9.17, 15) is 14.4 Å². The largest absolute Gasteiger partial charge is 0.465 e. The molecule has 138 valence electrons. The Kier molecular flexibility index (Phi) is 5.30. The summed E-state index contributed by atoms with van der Waals surface area (Å²) in [6.45, 7) is 1.67. The van der Waals surface area contributed by atoms with Crippen molar-refractivity contribution >= 4 is 28.5 Å². The fraction of sp³-hybridized carbons (Fsp3) is 0.200. The quantitative estimate of drug-likeness (QED) is 0.701. The molecule has 0 fully saturated rings. The van der Waals surface area contributed by atoms with E-state index >= 15 is 0 Å². The van der Waals surface area contributed by atoms with Gasteiger partial charge in [-0.15, -0.1) is 0 Å². The predicted octanol–water partition coefficient (Wildman–Crippen LogP) is 2.38. The van der Waals surface area contributed by atoms with Gasteiger partial charge in [-0.05, 0) is 24.3 Å². The van der Waals surface area contributed by atoms with E-state index in [-0.39, 0.29) is 17.7 Å². The highest BCUT2D eigenvalue weighted by molar-refractivity contribution is 6.01. The van der Waals surface area contributed by atoms with Crippen LogP contribution in [0.2, 0.25) is 0 Å². The number of para-hydroxylation sites is 2. The number of nitrogens with zero attached hydrogens (tertiary/aromatic N) is 2. The van der Waals surface area contributed by atoms with Crippen LogP contribution < -0.4 is 10.9 Å². The molecule has 0 spiro atoms. The SMILES string of the molecule is CCc1nc2ccccc2c(=O)n1CC(=O)Nc1ccccc1C(=O)OC. The molecule has 0 aliphatic heterocycles. The van der Waals surface area contributed by atoms with E-state index in [2.05, 4.69) is 10.3 Å². The molecule has 0 saturated carbocycles. The first-order chi connectivity index (χ1) is 13.0. The second kappa shape index (κ2) is 7.82. The molecule has 1 N–H and O–H groups in total. The monoisotopic (exact) mass is 365 g/mol. The molecular weight excluding hydrogens is 346 g/mol. The summed E-state index contributed by atoms with van der Waals surface area (Å²) in [6.07, 6.45) is 0.506. The van der Waals surface area contributed by atoms with Gasteiger partial charge in [-0.2, -0.15) is 0 Å². The first-order valence-electron chi connectivity index (χ1n) is 8.50. The Morgan fingerprint density at radius 2 is 1.81 bits per heavy atom. The van der Waals surface area contributed by atoms with Crippen molar-refractivity contribution < 1.29 is 14.3 Å². The summed E-state index contributed by atoms with van der Waals surface area (Å²) < 4.78 is 6.08. The average molecular weight is 365 g/mol. The maximum atomic E-state index is 12.8. The van der Waals surface area contributed by atoms with Crippen molar-refractivity contribution in [3.8, 4) is 0 Å². The van der Waals surface area contributed by atoms with Crippen LogP contribution in [-0.2, 0) is 22.5 Å². The highest BCUT2D eigenvalue weighted by atomic mass is 16.5. The van der Waals surface area contributed by atoms with Crippen LogP contribution in [0.1, 0.15) is 23.1 Å². The topological polar surface area (TPSA) is 90.3 Å². The molecule has 0 bridgehead atoms. The van der Waals surface area contributed by atoms with Gasteiger partial charge in [0, 0.05) is 6.42 Å². The standard InChI is InChI=1S/C20H19N3O4/c1-3-17-21-15-10-6-4-8-13(15)19(25)23(17)12-18(24)22-16-11-7-5-9-14(16)20(26)27-2/h4-11H,3,12H2,1-2H3,(H,22,24). The summed E-state index contributed by atoms with van der Waals surface area (Å²) >= 11 is 0. The molecule has 1 aromatic heterocycles. The minimum absolute atomic E-state index is 0.199. The van der Waals surface area contributed by atoms with Crippen LogP contribution in [0.3, 0.4) is 0 Å². The van der Waals surface area contributed by atoms with E-state index in [0.29, 0.717) is 28.8 Å². The van der Waals surface area contributed by atoms with Gasteiger partial charge in [0.15, 0.2) is 0 Å². The summed E-state index contributed by atoms with van der Waals surface area (Å²) in [7, 11) is 1.27. The smallest absolute Gasteiger partial charge is 0.339 e. The molecule has 7 nitrogen and oxygen atoms in total. The molecule has 1 heterocycles. The van der Waals surface area contributed by atoms with E-state index in [1.165, 1.54) is 11.7 Å². The number of amides is 1. The van der Waals surface area contributed by atoms with Gasteiger partial charge in [-0.25, -0.2) is 9.78 Å². The number of ether oxygens (including phenoxy) is 1. The minimum Gasteiger partial charge on any atom is -0.465 e. The lowest BCUT2D eigenvalue weighted by Crippen LogP contribution is -2.31. The van der Waals surface area contributed by atoms with Crippen LogP contribution in [0.15, 0.2) is 53.3 Å². The van der Waals surface area contributed by atoms with Crippen molar-refractivity contribution in [3.05, 3.63) is 70.3 Å². The fourth-order valence-electron chi connectivity index (χ4n) is 2.86. The molecule has 7 heteroatoms. The van der Waals surface area contributed by atoms with Crippen LogP contribution >= 0.6 is 0 Å². The summed E-state index contributed by atoms with van der Waals surface area (Å²) in [5.41, 5.74) is 0.906. The Labute approximate surface area is 155 Å². The number of aryl methyl sites for hydroxylation is 1. The van der Waals surface area contributed by atoms with Crippen LogP contribution in [-0.4, -0.2) is 28.5 Å². The number of carbonyl (C=O) groups is 2. The van der Waals surface area contributed by atoms with Gasteiger partial charge in [0.25, 0.3) is 5.56 Å². The Morgan fingerprint density at radius 1 is 1.11 bits per heavy atom. The number of benzene rings is 2. The van der Waals surface area contributed by atoms with Gasteiger partial charge in [0.1, 0.15) is 12.4 Å². The van der Waals surface area contributed by atoms with E-state index < -0.39 is 11.9 Å². The Hall–Kier alpha value is -3.48. The molecule has 1 amide bonds. The fourth-order valence-corrected chi connectivity index (χ4v) is 2.86. The van der Waals surface area contributed by atoms with Gasteiger partial charge in [-0.3, -0.25) is 14.2 Å². The lowest BCUT2D eigenvalue weighted by molar-refractivity contribution is -0.116. The van der Waals surface area contributed by atoms with Crippen molar-refractivity contribution in [2.45, 2.75) is 19.9 Å². The maximum absolute atomic E-state index is 12.8. The number of nitrogens with one attached hydrogen (secondary N) is 1. The maximum Gasteiger partial charge on any atom is 0.339 e. The summed E-state index contributed by atoms with van der Waals surface area (Å²) in [5.74, 6) is -0.458. The molecule has 3 aromatic rings. The first kappa shape index (κ1) is 18.3. The number of aromatic nitrogens is 2. The average Bonchev–Trinajstić information content (AvgIpc) is 2.69. The van der Waals surface area contributed by atoms with E-state index in [0.717, 1.165) is 0 Å². The van der Waals surface area contributed by atoms with Crippen molar-refractivity contribution in [2.24, 2.45) is 0 Å². The zero-order valence-electron chi connectivity index (χ0n) is 15.1. The van der Waals surface area contributed by atoms with Crippen LogP contribution in [0, 0.1) is 0 Å². The molecule has 0 atom stereocenters. The van der Waals surface area contributed by atoms with Crippen LogP contribution in [0.4, 0.5) is 5.69 Å². The third-order valence-corrected chi connectivity index (χ3v) is 4.17. The van der Waals surface area contributed by atoms with Crippen molar-refractivity contribution in [3.63, 3.8) is 0 Å². The zero-order valence-corrected chi connectivity index (χ0v) is 15.1. The molecule has 0 radical (unpaired) electrons. The number of rotatable bonds is 5. The van der Waals surface area contributed by atoms with Crippen LogP contribution in [0.25, 0.3) is 10.9 Å². The second-order valence-corrected chi connectivity index (χ2v) is 5.88. The lowest BCUT2D eigenvalue weighted by Gasteiger charge is -2.13. The highest BCUT2D eigenvalue weighted by Crippen LogP contribution is 2.16. The van der Waals surface area contributed by atoms with Crippen molar-refractivity contribution in [1.29, 1.82) is 0 Å². The number of hydrogen-bond acceptors (Lipinski definition) is 5. The van der Waals surface area contributed by atoms with Gasteiger partial charge in [0.05, 0.1) is 29.3 Å². The van der Waals surface area contributed by atoms with Gasteiger partial charge < -0.3 is 10.1 Å². The minimum atomic E-state index is -0.551. The highest BCUT2D eigenvalue weighted by Gasteiger charge is 2.16. The Morgan fingerprint density at radius 3 is 2.56 bits per heavy atom. The number of fused-ring (bicyclic) bond motifs is 1. The van der Waals surface area contributed by atoms with Crippen molar-refractivity contribution in [2.75, 3.05) is 12.4 Å². The molecule has 0 unspecified atom stereocenters. The predicted molar refractivity (Wildman–Crippen MR) is 102 cm³/mol. The zero-order chi connectivity index (χ0) is 19.4. The van der Waals surface area contributed by atoms with E-state index in [1.54, 1.807) is 42.5 Å². The molecule has 0 saturated heterocycles. The molecule has 27 heavy (non-hydrogen) atoms. The normalized spacial score (nSPS) is 10.6. The summed E-state index contributed by atoms with van der Waals surface area (Å²) in [4.78, 5) is 41.7. The molecule has 0 aliphatic carbocycles. The Balaban J connectivity index is 1.92. The number of carbonyl (C=O) groups excluding carboxylic acids is 2. The van der Waals surface area contributed by atoms with Crippen LogP contribution in [0.5, 0.6) is 0 Å². The number of methoxy groups -OCH3 is 1. The Bertz CT molecular complexity index is 1070. The summed E-state index contributed by atoms with van der Waals surface area (Å²) in [6, 6.07) is 13.6.